The Bertz CT molecular complexity index is 569. The minimum absolute atomic E-state index is 0.0162. The fourth-order valence-electron chi connectivity index (χ4n) is 2.18. The fourth-order valence-corrected chi connectivity index (χ4v) is 2.85. The zero-order valence-corrected chi connectivity index (χ0v) is 13.8. The number of rotatable bonds is 5. The molecule has 0 aromatic heterocycles. The van der Waals surface area contributed by atoms with Gasteiger partial charge in [-0.25, -0.2) is 5.43 Å². The summed E-state index contributed by atoms with van der Waals surface area (Å²) in [7, 11) is 0. The molecule has 0 saturated carbocycles. The third kappa shape index (κ3) is 3.31. The minimum Gasteiger partial charge on any atom is -0.494 e. The van der Waals surface area contributed by atoms with Gasteiger partial charge >= 0.3 is 0 Å². The molecule has 0 saturated heterocycles. The number of nitrogens with two attached hydrogens (primary N) is 1. The van der Waals surface area contributed by atoms with Crippen molar-refractivity contribution in [3.63, 3.8) is 0 Å². The van der Waals surface area contributed by atoms with E-state index in [4.69, 9.17) is 10.6 Å². The molecule has 0 heterocycles. The van der Waals surface area contributed by atoms with Crippen LogP contribution in [-0.4, -0.2) is 6.61 Å². The molecule has 3 N–H and O–H groups in total. The topological polar surface area (TPSA) is 47.3 Å². The Kier molecular flexibility index (Phi) is 5.39. The summed E-state index contributed by atoms with van der Waals surface area (Å²) in [4.78, 5) is 0. The standard InChI is InChI=1S/C16H19IN2O/c1-3-20-13-9-7-12(8-10-13)16(19-18)14-6-4-5-11(2)15(14)17/h4-10,16,19H,3,18H2,1-2H3. The first-order chi connectivity index (χ1) is 9.67. The van der Waals surface area contributed by atoms with Gasteiger partial charge in [-0.3, -0.25) is 5.84 Å². The Morgan fingerprint density at radius 2 is 1.90 bits per heavy atom. The third-order valence-electron chi connectivity index (χ3n) is 3.22. The van der Waals surface area contributed by atoms with Crippen LogP contribution in [0.25, 0.3) is 0 Å². The molecule has 1 atom stereocenters. The maximum absolute atomic E-state index is 5.77. The first-order valence-corrected chi connectivity index (χ1v) is 7.69. The second-order valence-corrected chi connectivity index (χ2v) is 5.66. The average molecular weight is 382 g/mol. The van der Waals surface area contributed by atoms with Gasteiger partial charge in [0.25, 0.3) is 0 Å². The van der Waals surface area contributed by atoms with Gasteiger partial charge in [0.05, 0.1) is 12.6 Å². The van der Waals surface area contributed by atoms with Crippen molar-refractivity contribution in [3.8, 4) is 5.75 Å². The van der Waals surface area contributed by atoms with Crippen LogP contribution in [-0.2, 0) is 0 Å². The highest BCUT2D eigenvalue weighted by molar-refractivity contribution is 14.1. The smallest absolute Gasteiger partial charge is 0.119 e. The number of benzene rings is 2. The third-order valence-corrected chi connectivity index (χ3v) is 4.70. The van der Waals surface area contributed by atoms with Crippen LogP contribution >= 0.6 is 22.6 Å². The molecule has 2 aromatic carbocycles. The molecule has 0 spiro atoms. The van der Waals surface area contributed by atoms with Crippen molar-refractivity contribution in [2.75, 3.05) is 6.61 Å². The van der Waals surface area contributed by atoms with E-state index in [2.05, 4.69) is 53.1 Å². The lowest BCUT2D eigenvalue weighted by Crippen LogP contribution is -2.29. The first-order valence-electron chi connectivity index (χ1n) is 6.61. The van der Waals surface area contributed by atoms with Crippen LogP contribution in [0.2, 0.25) is 0 Å². The number of halogens is 1. The van der Waals surface area contributed by atoms with E-state index in [1.54, 1.807) is 0 Å². The molecule has 0 amide bonds. The molecule has 3 nitrogen and oxygen atoms in total. The molecule has 1 unspecified atom stereocenters. The molecule has 0 aliphatic heterocycles. The molecule has 0 bridgehead atoms. The summed E-state index contributed by atoms with van der Waals surface area (Å²) in [5.41, 5.74) is 6.48. The largest absolute Gasteiger partial charge is 0.494 e. The van der Waals surface area contributed by atoms with Crippen LogP contribution in [0.3, 0.4) is 0 Å². The lowest BCUT2D eigenvalue weighted by molar-refractivity contribution is 0.340. The van der Waals surface area contributed by atoms with Gasteiger partial charge in [0.15, 0.2) is 0 Å². The summed E-state index contributed by atoms with van der Waals surface area (Å²) in [6, 6.07) is 14.3. The van der Waals surface area contributed by atoms with E-state index in [1.807, 2.05) is 31.2 Å². The number of hydrazine groups is 1. The lowest BCUT2D eigenvalue weighted by Gasteiger charge is -2.19. The van der Waals surface area contributed by atoms with Crippen LogP contribution in [0, 0.1) is 10.5 Å². The Labute approximate surface area is 133 Å². The summed E-state index contributed by atoms with van der Waals surface area (Å²) in [5, 5.41) is 0. The van der Waals surface area contributed by atoms with Gasteiger partial charge in [0, 0.05) is 3.57 Å². The first kappa shape index (κ1) is 15.3. The quantitative estimate of drug-likeness (QED) is 0.473. The highest BCUT2D eigenvalue weighted by atomic mass is 127. The van der Waals surface area contributed by atoms with Crippen LogP contribution < -0.4 is 16.0 Å². The summed E-state index contributed by atoms with van der Waals surface area (Å²) in [6.07, 6.45) is 0. The molecule has 20 heavy (non-hydrogen) atoms. The van der Waals surface area contributed by atoms with E-state index in [9.17, 15) is 0 Å². The summed E-state index contributed by atoms with van der Waals surface area (Å²) in [6.45, 7) is 4.76. The van der Waals surface area contributed by atoms with Crippen LogP contribution in [0.15, 0.2) is 42.5 Å². The van der Waals surface area contributed by atoms with Gasteiger partial charge in [0.1, 0.15) is 5.75 Å². The summed E-state index contributed by atoms with van der Waals surface area (Å²) < 4.78 is 6.71. The highest BCUT2D eigenvalue weighted by Crippen LogP contribution is 2.28. The molecular formula is C16H19IN2O. The van der Waals surface area contributed by atoms with Crippen molar-refractivity contribution >= 4 is 22.6 Å². The molecule has 106 valence electrons. The number of aryl methyl sites for hydroxylation is 1. The second-order valence-electron chi connectivity index (χ2n) is 4.58. The monoisotopic (exact) mass is 382 g/mol. The number of hydrogen-bond acceptors (Lipinski definition) is 3. The van der Waals surface area contributed by atoms with Gasteiger partial charge in [-0.1, -0.05) is 30.3 Å². The maximum atomic E-state index is 5.77. The van der Waals surface area contributed by atoms with Crippen molar-refractivity contribution in [1.82, 2.24) is 5.43 Å². The van der Waals surface area contributed by atoms with Crippen molar-refractivity contribution in [2.24, 2.45) is 5.84 Å². The summed E-state index contributed by atoms with van der Waals surface area (Å²) >= 11 is 2.37. The molecule has 2 rings (SSSR count). The number of nitrogens with one attached hydrogen (secondary N) is 1. The Morgan fingerprint density at radius 1 is 1.20 bits per heavy atom. The van der Waals surface area contributed by atoms with Crippen molar-refractivity contribution in [1.29, 1.82) is 0 Å². The van der Waals surface area contributed by atoms with E-state index in [-0.39, 0.29) is 6.04 Å². The molecule has 0 radical (unpaired) electrons. The van der Waals surface area contributed by atoms with Crippen LogP contribution in [0.1, 0.15) is 29.7 Å². The van der Waals surface area contributed by atoms with E-state index in [0.29, 0.717) is 6.61 Å². The zero-order valence-electron chi connectivity index (χ0n) is 11.7. The number of ether oxygens (including phenoxy) is 1. The van der Waals surface area contributed by atoms with Gasteiger partial charge in [-0.05, 0) is 65.3 Å². The van der Waals surface area contributed by atoms with Crippen molar-refractivity contribution in [2.45, 2.75) is 19.9 Å². The van der Waals surface area contributed by atoms with Crippen LogP contribution in [0.5, 0.6) is 5.75 Å². The predicted octanol–water partition coefficient (Wildman–Crippen LogP) is 3.55. The van der Waals surface area contributed by atoms with E-state index in [1.165, 1.54) is 14.7 Å². The fraction of sp³-hybridized carbons (Fsp3) is 0.250. The van der Waals surface area contributed by atoms with Gasteiger partial charge in [-0.2, -0.15) is 0 Å². The molecule has 0 aliphatic carbocycles. The van der Waals surface area contributed by atoms with Crippen LogP contribution in [0.4, 0.5) is 0 Å². The molecule has 4 heteroatoms. The van der Waals surface area contributed by atoms with Gasteiger partial charge < -0.3 is 4.74 Å². The highest BCUT2D eigenvalue weighted by Gasteiger charge is 2.16. The molecule has 0 aliphatic rings. The van der Waals surface area contributed by atoms with E-state index >= 15 is 0 Å². The van der Waals surface area contributed by atoms with Gasteiger partial charge in [-0.15, -0.1) is 0 Å². The average Bonchev–Trinajstić information content (AvgIpc) is 2.46. The maximum Gasteiger partial charge on any atom is 0.119 e. The van der Waals surface area contributed by atoms with Crippen molar-refractivity contribution < 1.29 is 4.74 Å². The Hall–Kier alpha value is -1.11. The number of hydrogen-bond donors (Lipinski definition) is 2. The van der Waals surface area contributed by atoms with E-state index in [0.717, 1.165) is 11.3 Å². The SMILES string of the molecule is CCOc1ccc(C(NN)c2cccc(C)c2I)cc1. The normalized spacial score (nSPS) is 12.2. The van der Waals surface area contributed by atoms with Gasteiger partial charge in [0.2, 0.25) is 0 Å². The molecular weight excluding hydrogens is 363 g/mol. The Balaban J connectivity index is 2.34. The van der Waals surface area contributed by atoms with Crippen molar-refractivity contribution in [3.05, 3.63) is 62.7 Å². The molecule has 2 aromatic rings. The predicted molar refractivity (Wildman–Crippen MR) is 90.7 cm³/mol. The second kappa shape index (κ2) is 7.06. The lowest BCUT2D eigenvalue weighted by atomic mass is 9.98. The van der Waals surface area contributed by atoms with E-state index < -0.39 is 0 Å². The summed E-state index contributed by atoms with van der Waals surface area (Å²) in [5.74, 6) is 6.65. The Morgan fingerprint density at radius 3 is 2.50 bits per heavy atom. The molecule has 0 fully saturated rings. The zero-order chi connectivity index (χ0) is 14.5. The minimum atomic E-state index is -0.0162.